The van der Waals surface area contributed by atoms with Gasteiger partial charge in [0.1, 0.15) is 5.75 Å². The summed E-state index contributed by atoms with van der Waals surface area (Å²) in [5.74, 6) is 0.911. The van der Waals surface area contributed by atoms with E-state index in [0.29, 0.717) is 31.4 Å². The number of hydrogen-bond donors (Lipinski definition) is 1. The van der Waals surface area contributed by atoms with Crippen LogP contribution in [0.3, 0.4) is 0 Å². The first kappa shape index (κ1) is 19.4. The van der Waals surface area contributed by atoms with Crippen molar-refractivity contribution in [2.24, 2.45) is 0 Å². The van der Waals surface area contributed by atoms with E-state index in [1.165, 1.54) is 33.5 Å². The fraction of sp³-hybridized carbons (Fsp3) is 0.167. The third-order valence-electron chi connectivity index (χ3n) is 3.44. The number of hydrogen-bond acceptors (Lipinski definition) is 5. The van der Waals surface area contributed by atoms with Crippen LogP contribution in [0.4, 0.5) is 0 Å². The molecule has 0 spiro atoms. The standard InChI is InChI=1S/C18H16ClIO5/c1-23-15-7-5-10(17(24-2)18(15)25-3)4-6-14(21)12-8-11(19)9-13(20)16(12)22/h4-9,22H,1-3H3/b6-4+. The van der Waals surface area contributed by atoms with E-state index < -0.39 is 0 Å². The number of phenolic OH excluding ortho intramolecular Hbond substituents is 1. The zero-order valence-electron chi connectivity index (χ0n) is 13.8. The van der Waals surface area contributed by atoms with Gasteiger partial charge in [-0.3, -0.25) is 4.79 Å². The number of rotatable bonds is 6. The van der Waals surface area contributed by atoms with Crippen LogP contribution >= 0.6 is 34.2 Å². The number of ether oxygens (including phenoxy) is 3. The predicted octanol–water partition coefficient (Wildman–Crippen LogP) is 4.57. The SMILES string of the molecule is COc1ccc(/C=C/C(=O)c2cc(Cl)cc(I)c2O)c(OC)c1OC. The lowest BCUT2D eigenvalue weighted by Gasteiger charge is -2.14. The van der Waals surface area contributed by atoms with Crippen molar-refractivity contribution in [3.05, 3.63) is 50.1 Å². The maximum Gasteiger partial charge on any atom is 0.203 e. The van der Waals surface area contributed by atoms with Gasteiger partial charge in [-0.1, -0.05) is 11.6 Å². The smallest absolute Gasteiger partial charge is 0.203 e. The molecule has 0 fully saturated rings. The molecule has 0 heterocycles. The molecular weight excluding hydrogens is 459 g/mol. The number of allylic oxidation sites excluding steroid dienone is 1. The molecule has 0 aliphatic carbocycles. The molecule has 5 nitrogen and oxygen atoms in total. The average molecular weight is 475 g/mol. The molecule has 0 aromatic heterocycles. The Kier molecular flexibility index (Phi) is 6.55. The molecule has 2 aromatic rings. The second-order valence-corrected chi connectivity index (χ2v) is 6.50. The molecule has 1 N–H and O–H groups in total. The Morgan fingerprint density at radius 3 is 2.40 bits per heavy atom. The summed E-state index contributed by atoms with van der Waals surface area (Å²) in [4.78, 5) is 12.4. The van der Waals surface area contributed by atoms with Crippen molar-refractivity contribution in [2.45, 2.75) is 0 Å². The van der Waals surface area contributed by atoms with E-state index in [0.717, 1.165) is 0 Å². The van der Waals surface area contributed by atoms with Gasteiger partial charge in [-0.25, -0.2) is 0 Å². The third kappa shape index (κ3) is 4.19. The summed E-state index contributed by atoms with van der Waals surface area (Å²) in [7, 11) is 4.53. The quantitative estimate of drug-likeness (QED) is 0.377. The molecule has 0 bridgehead atoms. The van der Waals surface area contributed by atoms with Crippen molar-refractivity contribution in [3.63, 3.8) is 0 Å². The first-order valence-corrected chi connectivity index (χ1v) is 8.58. The Bertz CT molecular complexity index is 833. The Labute approximate surface area is 164 Å². The topological polar surface area (TPSA) is 65.0 Å². The van der Waals surface area contributed by atoms with E-state index in [-0.39, 0.29) is 17.1 Å². The van der Waals surface area contributed by atoms with Crippen LogP contribution in [0.2, 0.25) is 5.02 Å². The summed E-state index contributed by atoms with van der Waals surface area (Å²) < 4.78 is 16.4. The van der Waals surface area contributed by atoms with Gasteiger partial charge in [-0.15, -0.1) is 0 Å². The van der Waals surface area contributed by atoms with Gasteiger partial charge >= 0.3 is 0 Å². The number of carbonyl (C=O) groups excluding carboxylic acids is 1. The van der Waals surface area contributed by atoms with E-state index in [1.807, 2.05) is 22.6 Å². The number of ketones is 1. The Hall–Kier alpha value is -1.93. The molecule has 0 atom stereocenters. The molecule has 0 aliphatic heterocycles. The Morgan fingerprint density at radius 1 is 1.12 bits per heavy atom. The Balaban J connectivity index is 2.41. The van der Waals surface area contributed by atoms with Crippen molar-refractivity contribution in [1.29, 1.82) is 0 Å². The van der Waals surface area contributed by atoms with Crippen molar-refractivity contribution >= 4 is 46.1 Å². The largest absolute Gasteiger partial charge is 0.506 e. The lowest BCUT2D eigenvalue weighted by atomic mass is 10.1. The van der Waals surface area contributed by atoms with Gasteiger partial charge in [0.05, 0.1) is 30.5 Å². The van der Waals surface area contributed by atoms with Crippen molar-refractivity contribution in [2.75, 3.05) is 21.3 Å². The first-order valence-electron chi connectivity index (χ1n) is 7.12. The van der Waals surface area contributed by atoms with Gasteiger partial charge < -0.3 is 19.3 Å². The maximum absolute atomic E-state index is 12.4. The molecule has 25 heavy (non-hydrogen) atoms. The van der Waals surface area contributed by atoms with E-state index in [2.05, 4.69) is 0 Å². The fourth-order valence-corrected chi connectivity index (χ4v) is 3.29. The molecule has 0 amide bonds. The molecule has 0 saturated heterocycles. The van der Waals surface area contributed by atoms with Gasteiger partial charge in [-0.05, 0) is 59.0 Å². The normalized spacial score (nSPS) is 10.8. The lowest BCUT2D eigenvalue weighted by Crippen LogP contribution is -1.98. The fourth-order valence-electron chi connectivity index (χ4n) is 2.26. The van der Waals surface area contributed by atoms with E-state index >= 15 is 0 Å². The molecule has 0 radical (unpaired) electrons. The number of halogens is 2. The van der Waals surface area contributed by atoms with Gasteiger partial charge in [0.15, 0.2) is 17.3 Å². The van der Waals surface area contributed by atoms with Crippen molar-refractivity contribution in [3.8, 4) is 23.0 Å². The van der Waals surface area contributed by atoms with E-state index in [9.17, 15) is 9.90 Å². The van der Waals surface area contributed by atoms with Gasteiger partial charge in [0.25, 0.3) is 0 Å². The number of methoxy groups -OCH3 is 3. The molecule has 0 saturated carbocycles. The average Bonchev–Trinajstić information content (AvgIpc) is 2.61. The van der Waals surface area contributed by atoms with Crippen LogP contribution in [0.25, 0.3) is 6.08 Å². The second-order valence-electron chi connectivity index (χ2n) is 4.90. The molecule has 0 aliphatic rings. The highest BCUT2D eigenvalue weighted by molar-refractivity contribution is 14.1. The first-order chi connectivity index (χ1) is 11.9. The number of phenols is 1. The summed E-state index contributed by atoms with van der Waals surface area (Å²) in [5.41, 5.74) is 0.761. The van der Waals surface area contributed by atoms with Crippen LogP contribution in [0.1, 0.15) is 15.9 Å². The van der Waals surface area contributed by atoms with Crippen LogP contribution < -0.4 is 14.2 Å². The van der Waals surface area contributed by atoms with E-state index in [4.69, 9.17) is 25.8 Å². The molecule has 0 unspecified atom stereocenters. The van der Waals surface area contributed by atoms with Crippen LogP contribution in [-0.4, -0.2) is 32.2 Å². The minimum Gasteiger partial charge on any atom is -0.506 e. The number of carbonyl (C=O) groups is 1. The number of aromatic hydroxyl groups is 1. The van der Waals surface area contributed by atoms with Gasteiger partial charge in [0, 0.05) is 10.6 Å². The van der Waals surface area contributed by atoms with Gasteiger partial charge in [0.2, 0.25) is 5.75 Å². The third-order valence-corrected chi connectivity index (χ3v) is 4.48. The Morgan fingerprint density at radius 2 is 1.80 bits per heavy atom. The monoisotopic (exact) mass is 474 g/mol. The predicted molar refractivity (Wildman–Crippen MR) is 105 cm³/mol. The van der Waals surface area contributed by atoms with Crippen LogP contribution in [-0.2, 0) is 0 Å². The number of benzene rings is 2. The minimum atomic E-state index is -0.380. The molecule has 2 aromatic carbocycles. The van der Waals surface area contributed by atoms with Crippen LogP contribution in [0, 0.1) is 3.57 Å². The van der Waals surface area contributed by atoms with Crippen molar-refractivity contribution in [1.82, 2.24) is 0 Å². The van der Waals surface area contributed by atoms with E-state index in [1.54, 1.807) is 24.3 Å². The van der Waals surface area contributed by atoms with Crippen LogP contribution in [0.15, 0.2) is 30.3 Å². The highest BCUT2D eigenvalue weighted by atomic mass is 127. The summed E-state index contributed by atoms with van der Waals surface area (Å²) in [6.45, 7) is 0. The van der Waals surface area contributed by atoms with Crippen LogP contribution in [0.5, 0.6) is 23.0 Å². The zero-order valence-corrected chi connectivity index (χ0v) is 16.7. The molecule has 7 heteroatoms. The zero-order chi connectivity index (χ0) is 18.6. The maximum atomic E-state index is 12.4. The summed E-state index contributed by atoms with van der Waals surface area (Å²) >= 11 is 7.88. The summed E-state index contributed by atoms with van der Waals surface area (Å²) in [6, 6.07) is 6.46. The second kappa shape index (κ2) is 8.44. The highest BCUT2D eigenvalue weighted by Gasteiger charge is 2.16. The summed E-state index contributed by atoms with van der Waals surface area (Å²) in [5, 5.41) is 10.4. The molecule has 2 rings (SSSR count). The van der Waals surface area contributed by atoms with Crippen molar-refractivity contribution < 1.29 is 24.1 Å². The molecule has 132 valence electrons. The van der Waals surface area contributed by atoms with Gasteiger partial charge in [-0.2, -0.15) is 0 Å². The highest BCUT2D eigenvalue weighted by Crippen LogP contribution is 2.40. The lowest BCUT2D eigenvalue weighted by molar-refractivity contribution is 0.104. The molecular formula is C18H16ClIO5. The summed E-state index contributed by atoms with van der Waals surface area (Å²) in [6.07, 6.45) is 2.92. The minimum absolute atomic E-state index is 0.0982.